The molecule has 0 aromatic carbocycles. The first kappa shape index (κ1) is 8.96. The Bertz CT molecular complexity index is 456. The van der Waals surface area contributed by atoms with Crippen LogP contribution in [0.25, 0.3) is 10.2 Å². The van der Waals surface area contributed by atoms with Crippen LogP contribution < -0.4 is 5.73 Å². The van der Waals surface area contributed by atoms with Crippen molar-refractivity contribution in [2.45, 2.75) is 6.92 Å². The van der Waals surface area contributed by atoms with Gasteiger partial charge >= 0.3 is 0 Å². The highest BCUT2D eigenvalue weighted by atomic mass is 32.1. The predicted molar refractivity (Wildman–Crippen MR) is 58.5 cm³/mol. The zero-order valence-electron chi connectivity index (χ0n) is 7.69. The number of aryl methyl sites for hydroxylation is 1. The van der Waals surface area contributed by atoms with Gasteiger partial charge in [-0.1, -0.05) is 0 Å². The van der Waals surface area contributed by atoms with Crippen molar-refractivity contribution in [3.63, 3.8) is 0 Å². The van der Waals surface area contributed by atoms with Crippen LogP contribution in [-0.2, 0) is 0 Å². The number of nitrogens with zero attached hydrogens (tertiary/aromatic N) is 2. The third-order valence-electron chi connectivity index (χ3n) is 1.75. The molecule has 2 aromatic heterocycles. The number of nitrogens with one attached hydrogen (secondary N) is 1. The summed E-state index contributed by atoms with van der Waals surface area (Å²) >= 11 is 1.59. The maximum Gasteiger partial charge on any atom is 0.197 e. The third kappa shape index (κ3) is 1.82. The van der Waals surface area contributed by atoms with Gasteiger partial charge in [0.25, 0.3) is 0 Å². The van der Waals surface area contributed by atoms with Crippen molar-refractivity contribution in [2.75, 3.05) is 5.73 Å². The van der Waals surface area contributed by atoms with Crippen molar-refractivity contribution in [1.82, 2.24) is 15.0 Å². The fourth-order valence-electron chi connectivity index (χ4n) is 1.10. The number of thiazole rings is 1. The van der Waals surface area contributed by atoms with Crippen LogP contribution in [0.3, 0.4) is 0 Å². The Kier molecular flexibility index (Phi) is 2.32. The van der Waals surface area contributed by atoms with Crippen molar-refractivity contribution >= 4 is 27.5 Å². The molecule has 72 valence electrons. The van der Waals surface area contributed by atoms with Crippen LogP contribution in [-0.4, -0.2) is 15.0 Å². The molecule has 4 nitrogen and oxygen atoms in total. The van der Waals surface area contributed by atoms with E-state index in [2.05, 4.69) is 15.0 Å². The first-order valence-corrected chi connectivity index (χ1v) is 5.03. The molecule has 0 radical (unpaired) electrons. The molecule has 0 unspecified atom stereocenters. The van der Waals surface area contributed by atoms with Gasteiger partial charge in [0.05, 0.1) is 15.7 Å². The molecule has 3 N–H and O–H groups in total. The minimum absolute atomic E-state index is 0.382. The molecular formula is C9H10N4S. The van der Waals surface area contributed by atoms with Gasteiger partial charge in [-0.2, -0.15) is 0 Å². The summed E-state index contributed by atoms with van der Waals surface area (Å²) in [6.07, 6.45) is 1.76. The lowest BCUT2D eigenvalue weighted by molar-refractivity contribution is 1.16. The second-order valence-electron chi connectivity index (χ2n) is 2.86. The minimum atomic E-state index is 0.382. The predicted octanol–water partition coefficient (Wildman–Crippen LogP) is 2.03. The van der Waals surface area contributed by atoms with E-state index in [1.54, 1.807) is 23.0 Å². The van der Waals surface area contributed by atoms with Gasteiger partial charge in [0.2, 0.25) is 0 Å². The molecule has 0 fully saturated rings. The molecule has 2 heterocycles. The Morgan fingerprint density at radius 2 is 2.29 bits per heavy atom. The van der Waals surface area contributed by atoms with Gasteiger partial charge in [0, 0.05) is 11.9 Å². The van der Waals surface area contributed by atoms with Crippen LogP contribution >= 0.6 is 11.3 Å². The minimum Gasteiger partial charge on any atom is -0.369 e. The fourth-order valence-corrected chi connectivity index (χ4v) is 1.75. The number of rotatable bonds is 0. The van der Waals surface area contributed by atoms with Gasteiger partial charge in [-0.25, -0.2) is 9.97 Å². The lowest BCUT2D eigenvalue weighted by atomic mass is 10.4. The Morgan fingerprint density at radius 1 is 1.43 bits per heavy atom. The smallest absolute Gasteiger partial charge is 0.197 e. The number of hydrogen-bond acceptors (Lipinski definition) is 4. The molecular weight excluding hydrogens is 196 g/mol. The molecule has 14 heavy (non-hydrogen) atoms. The van der Waals surface area contributed by atoms with E-state index in [0.29, 0.717) is 5.95 Å². The second-order valence-corrected chi connectivity index (χ2v) is 3.75. The molecule has 0 aliphatic carbocycles. The summed E-state index contributed by atoms with van der Waals surface area (Å²) in [6.45, 7) is 1.90. The highest BCUT2D eigenvalue weighted by Crippen LogP contribution is 2.14. The van der Waals surface area contributed by atoms with Crippen LogP contribution in [0.15, 0.2) is 23.8 Å². The van der Waals surface area contributed by atoms with E-state index in [4.69, 9.17) is 5.73 Å². The van der Waals surface area contributed by atoms with Crippen molar-refractivity contribution in [1.29, 1.82) is 0 Å². The Balaban J connectivity index is 2.82. The first-order chi connectivity index (χ1) is 6.75. The number of anilines is 1. The Hall–Kier alpha value is -1.62. The van der Waals surface area contributed by atoms with Gasteiger partial charge in [-0.15, -0.1) is 11.3 Å². The third-order valence-corrected chi connectivity index (χ3v) is 2.56. The number of aromatic amines is 1. The lowest BCUT2D eigenvalue weighted by Crippen LogP contribution is -1.90. The average Bonchev–Trinajstić information content (AvgIpc) is 2.58. The SMILES string of the molecule is Cc1ccc2scnc2c[nH]c(N)n1. The summed E-state index contributed by atoms with van der Waals surface area (Å²) in [4.78, 5) is 11.2. The Morgan fingerprint density at radius 3 is 3.14 bits per heavy atom. The van der Waals surface area contributed by atoms with Crippen molar-refractivity contribution < 1.29 is 0 Å². The van der Waals surface area contributed by atoms with Crippen molar-refractivity contribution in [3.05, 3.63) is 29.5 Å². The van der Waals surface area contributed by atoms with E-state index in [0.717, 1.165) is 15.9 Å². The standard InChI is InChI=1S/C9H10N4S/c1-6-2-3-8-7(12-5-14-8)4-11-9(10)13-6/h2-5H,1H3,(H3,10,11,13). The monoisotopic (exact) mass is 206 g/mol. The summed E-state index contributed by atoms with van der Waals surface area (Å²) in [7, 11) is 0. The van der Waals surface area contributed by atoms with Crippen molar-refractivity contribution in [2.24, 2.45) is 0 Å². The molecule has 0 bridgehead atoms. The summed E-state index contributed by atoms with van der Waals surface area (Å²) in [5.41, 5.74) is 9.17. The van der Waals surface area contributed by atoms with E-state index < -0.39 is 0 Å². The number of fused-ring (bicyclic) bond motifs is 1. The number of nitrogens with two attached hydrogens (primary N) is 1. The quantitative estimate of drug-likeness (QED) is 0.693. The molecule has 0 aliphatic rings. The van der Waals surface area contributed by atoms with Gasteiger partial charge in [0.1, 0.15) is 0 Å². The second kappa shape index (κ2) is 3.63. The topological polar surface area (TPSA) is 67.6 Å². The Labute approximate surface area is 85.1 Å². The van der Waals surface area contributed by atoms with Gasteiger partial charge < -0.3 is 10.7 Å². The molecule has 0 spiro atoms. The van der Waals surface area contributed by atoms with Crippen LogP contribution in [0.5, 0.6) is 0 Å². The maximum atomic E-state index is 5.62. The maximum absolute atomic E-state index is 5.62. The zero-order valence-corrected chi connectivity index (χ0v) is 8.51. The molecule has 0 saturated carbocycles. The molecule has 0 aliphatic heterocycles. The van der Waals surface area contributed by atoms with Crippen molar-refractivity contribution in [3.8, 4) is 0 Å². The molecule has 2 aromatic rings. The largest absolute Gasteiger partial charge is 0.369 e. The average molecular weight is 206 g/mol. The first-order valence-electron chi connectivity index (χ1n) is 4.15. The summed E-state index contributed by atoms with van der Waals surface area (Å²) in [6, 6.07) is 3.91. The molecule has 0 atom stereocenters. The highest BCUT2D eigenvalue weighted by Gasteiger charge is 1.91. The summed E-state index contributed by atoms with van der Waals surface area (Å²) in [5.74, 6) is 0.382. The van der Waals surface area contributed by atoms with Crippen LogP contribution in [0.1, 0.15) is 5.69 Å². The van der Waals surface area contributed by atoms with E-state index in [1.165, 1.54) is 0 Å². The molecule has 0 saturated heterocycles. The number of hydrogen-bond donors (Lipinski definition) is 2. The number of H-pyrrole nitrogens is 1. The van der Waals surface area contributed by atoms with E-state index >= 15 is 0 Å². The lowest BCUT2D eigenvalue weighted by Gasteiger charge is -1.86. The van der Waals surface area contributed by atoms with E-state index in [9.17, 15) is 0 Å². The molecule has 5 heteroatoms. The normalized spacial score (nSPS) is 10.1. The van der Waals surface area contributed by atoms with Gasteiger partial charge in [-0.05, 0) is 19.1 Å². The van der Waals surface area contributed by atoms with E-state index in [-0.39, 0.29) is 0 Å². The van der Waals surface area contributed by atoms with E-state index in [1.807, 2.05) is 19.1 Å². The van der Waals surface area contributed by atoms with Crippen LogP contribution in [0, 0.1) is 6.92 Å². The van der Waals surface area contributed by atoms with Crippen LogP contribution in [0.4, 0.5) is 5.95 Å². The molecule has 0 amide bonds. The fraction of sp³-hybridized carbons (Fsp3) is 0.111. The number of aromatic nitrogens is 3. The summed E-state index contributed by atoms with van der Waals surface area (Å²) < 4.78 is 1.10. The van der Waals surface area contributed by atoms with Gasteiger partial charge in [0.15, 0.2) is 5.95 Å². The highest BCUT2D eigenvalue weighted by molar-refractivity contribution is 7.16. The molecule has 2 rings (SSSR count). The summed E-state index contributed by atoms with van der Waals surface area (Å²) in [5, 5.41) is 0. The van der Waals surface area contributed by atoms with Gasteiger partial charge in [-0.3, -0.25) is 0 Å². The van der Waals surface area contributed by atoms with Crippen LogP contribution in [0.2, 0.25) is 0 Å². The zero-order chi connectivity index (χ0) is 9.97. The number of nitrogen functional groups attached to an aromatic ring is 1.